The maximum atomic E-state index is 13.5. The number of carbonyl (C=O) groups excluding carboxylic acids is 1. The van der Waals surface area contributed by atoms with Crippen LogP contribution in [-0.4, -0.2) is 16.7 Å². The second kappa shape index (κ2) is 6.49. The summed E-state index contributed by atoms with van der Waals surface area (Å²) in [6, 6.07) is 11.3. The molecule has 0 saturated heterocycles. The van der Waals surface area contributed by atoms with E-state index in [0.717, 1.165) is 11.0 Å². The van der Waals surface area contributed by atoms with Crippen molar-refractivity contribution in [3.63, 3.8) is 0 Å². The summed E-state index contributed by atoms with van der Waals surface area (Å²) in [5.74, 6) is -1.02. The Morgan fingerprint density at radius 1 is 1.21 bits per heavy atom. The van der Waals surface area contributed by atoms with Gasteiger partial charge in [0.05, 0.1) is 11.2 Å². The highest BCUT2D eigenvalue weighted by Gasteiger charge is 2.16. The van der Waals surface area contributed by atoms with Crippen molar-refractivity contribution in [2.45, 2.75) is 4.90 Å². The van der Waals surface area contributed by atoms with E-state index in [2.05, 4.69) is 5.32 Å². The molecule has 0 aliphatic carbocycles. The Labute approximate surface area is 142 Å². The average molecular weight is 342 g/mol. The molecular formula is C18H15FN2O2S. The predicted octanol–water partition coefficient (Wildman–Crippen LogP) is 3.65. The summed E-state index contributed by atoms with van der Waals surface area (Å²) < 4.78 is 15.1. The van der Waals surface area contributed by atoms with Crippen LogP contribution in [0.2, 0.25) is 0 Å². The molecule has 1 N–H and O–H groups in total. The van der Waals surface area contributed by atoms with Crippen LogP contribution in [0.1, 0.15) is 10.4 Å². The SMILES string of the molecule is CSc1ccccc1NC(=O)c1cn(C)c2ccc(F)cc2c1=O. The first-order valence-corrected chi connectivity index (χ1v) is 8.47. The molecule has 0 atom stereocenters. The van der Waals surface area contributed by atoms with E-state index in [1.54, 1.807) is 17.7 Å². The van der Waals surface area contributed by atoms with Crippen molar-refractivity contribution in [1.82, 2.24) is 4.57 Å². The third-order valence-corrected chi connectivity index (χ3v) is 4.55. The van der Waals surface area contributed by atoms with E-state index < -0.39 is 17.2 Å². The molecule has 1 aromatic heterocycles. The Kier molecular flexibility index (Phi) is 4.40. The van der Waals surface area contributed by atoms with Gasteiger partial charge in [0.25, 0.3) is 5.91 Å². The Balaban J connectivity index is 2.07. The lowest BCUT2D eigenvalue weighted by Crippen LogP contribution is -2.23. The van der Waals surface area contributed by atoms with Gasteiger partial charge >= 0.3 is 0 Å². The number of nitrogens with zero attached hydrogens (tertiary/aromatic N) is 1. The number of hydrogen-bond acceptors (Lipinski definition) is 3. The number of fused-ring (bicyclic) bond motifs is 1. The molecule has 2 aromatic carbocycles. The van der Waals surface area contributed by atoms with Gasteiger partial charge in [-0.25, -0.2) is 4.39 Å². The van der Waals surface area contributed by atoms with Gasteiger partial charge in [0.1, 0.15) is 11.4 Å². The number of aryl methyl sites for hydroxylation is 1. The topological polar surface area (TPSA) is 51.1 Å². The molecule has 0 aliphatic heterocycles. The van der Waals surface area contributed by atoms with Crippen LogP contribution >= 0.6 is 11.8 Å². The molecule has 3 rings (SSSR count). The monoisotopic (exact) mass is 342 g/mol. The summed E-state index contributed by atoms with van der Waals surface area (Å²) in [4.78, 5) is 26.0. The van der Waals surface area contributed by atoms with Gasteiger partial charge in [0.15, 0.2) is 0 Å². The van der Waals surface area contributed by atoms with Gasteiger partial charge in [-0.1, -0.05) is 12.1 Å². The molecule has 24 heavy (non-hydrogen) atoms. The average Bonchev–Trinajstić information content (AvgIpc) is 2.58. The maximum Gasteiger partial charge on any atom is 0.261 e. The lowest BCUT2D eigenvalue weighted by molar-refractivity contribution is 0.102. The first kappa shape index (κ1) is 16.3. The molecule has 1 amide bonds. The number of nitrogens with one attached hydrogen (secondary N) is 1. The van der Waals surface area contributed by atoms with E-state index in [0.29, 0.717) is 11.2 Å². The fourth-order valence-corrected chi connectivity index (χ4v) is 3.12. The second-order valence-corrected chi connectivity index (χ2v) is 6.15. The van der Waals surface area contributed by atoms with Crippen molar-refractivity contribution < 1.29 is 9.18 Å². The number of anilines is 1. The number of benzene rings is 2. The molecule has 0 saturated carbocycles. The van der Waals surface area contributed by atoms with Gasteiger partial charge in [-0.05, 0) is 36.6 Å². The molecule has 0 radical (unpaired) electrons. The van der Waals surface area contributed by atoms with Gasteiger partial charge in [-0.2, -0.15) is 0 Å². The van der Waals surface area contributed by atoms with Gasteiger partial charge in [-0.15, -0.1) is 11.8 Å². The molecule has 6 heteroatoms. The summed E-state index contributed by atoms with van der Waals surface area (Å²) in [5, 5.41) is 2.94. The molecule has 0 spiro atoms. The number of rotatable bonds is 3. The Morgan fingerprint density at radius 3 is 2.71 bits per heavy atom. The van der Waals surface area contributed by atoms with Crippen molar-refractivity contribution in [3.8, 4) is 0 Å². The van der Waals surface area contributed by atoms with Crippen LogP contribution < -0.4 is 10.7 Å². The zero-order valence-corrected chi connectivity index (χ0v) is 14.0. The summed E-state index contributed by atoms with van der Waals surface area (Å²) >= 11 is 1.50. The second-order valence-electron chi connectivity index (χ2n) is 5.30. The van der Waals surface area contributed by atoms with Gasteiger partial charge in [0.2, 0.25) is 5.43 Å². The first-order chi connectivity index (χ1) is 11.5. The van der Waals surface area contributed by atoms with Crippen LogP contribution in [0.5, 0.6) is 0 Å². The van der Waals surface area contributed by atoms with E-state index in [9.17, 15) is 14.0 Å². The molecule has 0 unspecified atom stereocenters. The zero-order chi connectivity index (χ0) is 17.3. The summed E-state index contributed by atoms with van der Waals surface area (Å²) in [5.41, 5.74) is 0.701. The van der Waals surface area contributed by atoms with Crippen molar-refractivity contribution in [2.75, 3.05) is 11.6 Å². The number of halogens is 1. The first-order valence-electron chi connectivity index (χ1n) is 7.24. The summed E-state index contributed by atoms with van der Waals surface area (Å²) in [6.07, 6.45) is 3.38. The van der Waals surface area contributed by atoms with Crippen molar-refractivity contribution >= 4 is 34.3 Å². The highest BCUT2D eigenvalue weighted by atomic mass is 32.2. The Bertz CT molecular complexity index is 998. The van der Waals surface area contributed by atoms with Gasteiger partial charge in [-0.3, -0.25) is 9.59 Å². The largest absolute Gasteiger partial charge is 0.350 e. The number of aromatic nitrogens is 1. The van der Waals surface area contributed by atoms with Crippen molar-refractivity contribution in [2.24, 2.45) is 7.05 Å². The number of hydrogen-bond donors (Lipinski definition) is 1. The molecule has 122 valence electrons. The smallest absolute Gasteiger partial charge is 0.261 e. The van der Waals surface area contributed by atoms with E-state index in [1.807, 2.05) is 24.5 Å². The highest BCUT2D eigenvalue weighted by molar-refractivity contribution is 7.98. The fraction of sp³-hybridized carbons (Fsp3) is 0.111. The number of pyridine rings is 1. The van der Waals surface area contributed by atoms with E-state index in [1.165, 1.54) is 30.1 Å². The third kappa shape index (κ3) is 2.92. The van der Waals surface area contributed by atoms with Crippen LogP contribution in [0.15, 0.2) is 58.4 Å². The molecule has 0 bridgehead atoms. The minimum absolute atomic E-state index is 0.0218. The molecule has 1 heterocycles. The van der Waals surface area contributed by atoms with Crippen molar-refractivity contribution in [1.29, 1.82) is 0 Å². The minimum Gasteiger partial charge on any atom is -0.350 e. The van der Waals surface area contributed by atoms with Gasteiger partial charge < -0.3 is 9.88 Å². The molecular weight excluding hydrogens is 327 g/mol. The van der Waals surface area contributed by atoms with Crippen LogP contribution in [0.3, 0.4) is 0 Å². The molecule has 4 nitrogen and oxygen atoms in total. The summed E-state index contributed by atoms with van der Waals surface area (Å²) in [6.45, 7) is 0. The fourth-order valence-electron chi connectivity index (χ4n) is 2.56. The van der Waals surface area contributed by atoms with Gasteiger partial charge in [0, 0.05) is 23.5 Å². The predicted molar refractivity (Wildman–Crippen MR) is 95.3 cm³/mol. The number of amides is 1. The highest BCUT2D eigenvalue weighted by Crippen LogP contribution is 2.25. The molecule has 0 aliphatic rings. The van der Waals surface area contributed by atoms with E-state index in [-0.39, 0.29) is 10.9 Å². The maximum absolute atomic E-state index is 13.5. The molecule has 0 fully saturated rings. The lowest BCUT2D eigenvalue weighted by atomic mass is 10.1. The number of para-hydroxylation sites is 1. The minimum atomic E-state index is -0.511. The third-order valence-electron chi connectivity index (χ3n) is 3.75. The van der Waals surface area contributed by atoms with Crippen LogP contribution in [0, 0.1) is 5.82 Å². The quantitative estimate of drug-likeness (QED) is 0.739. The zero-order valence-electron chi connectivity index (χ0n) is 13.2. The Morgan fingerprint density at radius 2 is 1.96 bits per heavy atom. The Hall–Kier alpha value is -2.60. The number of thioether (sulfide) groups is 1. The van der Waals surface area contributed by atoms with Crippen molar-refractivity contribution in [3.05, 3.63) is 70.3 Å². The number of carbonyl (C=O) groups is 1. The van der Waals surface area contributed by atoms with Crippen LogP contribution in [0.25, 0.3) is 10.9 Å². The normalized spacial score (nSPS) is 10.8. The molecule has 3 aromatic rings. The van der Waals surface area contributed by atoms with Crippen LogP contribution in [0.4, 0.5) is 10.1 Å². The van der Waals surface area contributed by atoms with E-state index >= 15 is 0 Å². The standard InChI is InChI=1S/C18H15FN2O2S/c1-21-10-13(17(22)12-9-11(19)7-8-15(12)21)18(23)20-14-5-3-4-6-16(14)24-2/h3-10H,1-2H3,(H,20,23). The van der Waals surface area contributed by atoms with E-state index in [4.69, 9.17) is 0 Å². The lowest BCUT2D eigenvalue weighted by Gasteiger charge is -2.11. The summed E-state index contributed by atoms with van der Waals surface area (Å²) in [7, 11) is 1.71. The van der Waals surface area contributed by atoms with Crippen LogP contribution in [-0.2, 0) is 7.05 Å².